The second-order valence-corrected chi connectivity index (χ2v) is 4.91. The van der Waals surface area contributed by atoms with Crippen molar-refractivity contribution in [3.8, 4) is 0 Å². The summed E-state index contributed by atoms with van der Waals surface area (Å²) in [6, 6.07) is 8.18. The fourth-order valence-electron chi connectivity index (χ4n) is 1.32. The van der Waals surface area contributed by atoms with E-state index in [0.717, 1.165) is 5.56 Å². The summed E-state index contributed by atoms with van der Waals surface area (Å²) in [5, 5.41) is 0. The predicted molar refractivity (Wildman–Crippen MR) is 69.7 cm³/mol. The number of hydrogen-bond acceptors (Lipinski definition) is 1. The van der Waals surface area contributed by atoms with Crippen molar-refractivity contribution in [3.63, 3.8) is 0 Å². The summed E-state index contributed by atoms with van der Waals surface area (Å²) >= 11 is 2.27. The second-order valence-electron chi connectivity index (χ2n) is 3.66. The summed E-state index contributed by atoms with van der Waals surface area (Å²) in [6.45, 7) is 0.647. The number of rotatable bonds is 2. The number of carbonyl (C=O) groups excluding carboxylic acids is 1. The average Bonchev–Trinajstić information content (AvgIpc) is 2.16. The van der Waals surface area contributed by atoms with E-state index in [4.69, 9.17) is 0 Å². The van der Waals surface area contributed by atoms with E-state index in [1.165, 1.54) is 3.57 Å². The van der Waals surface area contributed by atoms with Crippen LogP contribution in [0.3, 0.4) is 0 Å². The lowest BCUT2D eigenvalue weighted by atomic mass is 10.2. The largest absolute Gasteiger partial charge is 0.331 e. The highest BCUT2D eigenvalue weighted by molar-refractivity contribution is 14.1. The molecule has 0 aromatic heterocycles. The number of halogens is 1. The number of hydrogen-bond donors (Lipinski definition) is 0. The standard InChI is InChI=1S/C11H15IN2O/c1-13(2)11(15)14(3)8-9-5-4-6-10(12)7-9/h4-7H,8H2,1-3H3. The summed E-state index contributed by atoms with van der Waals surface area (Å²) in [4.78, 5) is 14.9. The Morgan fingerprint density at radius 1 is 1.33 bits per heavy atom. The van der Waals surface area contributed by atoms with Crippen LogP contribution in [0.2, 0.25) is 0 Å². The molecule has 15 heavy (non-hydrogen) atoms. The van der Waals surface area contributed by atoms with E-state index in [2.05, 4.69) is 28.7 Å². The van der Waals surface area contributed by atoms with Crippen molar-refractivity contribution in [1.82, 2.24) is 9.80 Å². The van der Waals surface area contributed by atoms with Gasteiger partial charge in [-0.2, -0.15) is 0 Å². The van der Waals surface area contributed by atoms with Crippen LogP contribution in [0.4, 0.5) is 4.79 Å². The van der Waals surface area contributed by atoms with E-state index in [1.54, 1.807) is 23.9 Å². The van der Waals surface area contributed by atoms with Gasteiger partial charge in [-0.05, 0) is 40.3 Å². The molecule has 0 heterocycles. The first-order valence-corrected chi connectivity index (χ1v) is 5.75. The fourth-order valence-corrected chi connectivity index (χ4v) is 1.93. The molecule has 4 heteroatoms. The Bertz CT molecular complexity index is 352. The van der Waals surface area contributed by atoms with Crippen LogP contribution in [0.25, 0.3) is 0 Å². The van der Waals surface area contributed by atoms with Crippen LogP contribution in [-0.4, -0.2) is 37.0 Å². The van der Waals surface area contributed by atoms with Crippen LogP contribution in [0, 0.1) is 3.57 Å². The lowest BCUT2D eigenvalue weighted by Gasteiger charge is -2.21. The summed E-state index contributed by atoms with van der Waals surface area (Å²) in [6.07, 6.45) is 0. The van der Waals surface area contributed by atoms with Gasteiger partial charge in [-0.15, -0.1) is 0 Å². The molecule has 82 valence electrons. The van der Waals surface area contributed by atoms with Crippen molar-refractivity contribution in [2.45, 2.75) is 6.54 Å². The number of carbonyl (C=O) groups is 1. The third-order valence-corrected chi connectivity index (χ3v) is 2.69. The zero-order valence-corrected chi connectivity index (χ0v) is 11.4. The van der Waals surface area contributed by atoms with Gasteiger partial charge in [0, 0.05) is 31.3 Å². The molecule has 1 aromatic carbocycles. The molecular formula is C11H15IN2O. The highest BCUT2D eigenvalue weighted by Gasteiger charge is 2.10. The van der Waals surface area contributed by atoms with Gasteiger partial charge in [-0.25, -0.2) is 4.79 Å². The molecule has 0 saturated heterocycles. The Hall–Kier alpha value is -0.780. The Balaban J connectivity index is 2.66. The maximum absolute atomic E-state index is 11.6. The molecule has 3 nitrogen and oxygen atoms in total. The molecule has 0 aliphatic heterocycles. The molecule has 1 aromatic rings. The molecule has 0 aliphatic rings. The van der Waals surface area contributed by atoms with E-state index in [1.807, 2.05) is 25.2 Å². The third-order valence-electron chi connectivity index (χ3n) is 2.02. The van der Waals surface area contributed by atoms with Crippen LogP contribution in [-0.2, 0) is 6.54 Å². The number of urea groups is 1. The van der Waals surface area contributed by atoms with Crippen molar-refractivity contribution in [1.29, 1.82) is 0 Å². The van der Waals surface area contributed by atoms with Gasteiger partial charge in [0.2, 0.25) is 0 Å². The first-order valence-electron chi connectivity index (χ1n) is 4.67. The predicted octanol–water partition coefficient (Wildman–Crippen LogP) is 2.40. The Morgan fingerprint density at radius 3 is 2.53 bits per heavy atom. The number of nitrogens with zero attached hydrogens (tertiary/aromatic N) is 2. The van der Waals surface area contributed by atoms with Gasteiger partial charge in [0.1, 0.15) is 0 Å². The minimum Gasteiger partial charge on any atom is -0.331 e. The lowest BCUT2D eigenvalue weighted by Crippen LogP contribution is -2.35. The van der Waals surface area contributed by atoms with Crippen molar-refractivity contribution in [2.24, 2.45) is 0 Å². The average molecular weight is 318 g/mol. The highest BCUT2D eigenvalue weighted by Crippen LogP contribution is 2.10. The molecule has 2 amide bonds. The van der Waals surface area contributed by atoms with Gasteiger partial charge >= 0.3 is 6.03 Å². The number of benzene rings is 1. The summed E-state index contributed by atoms with van der Waals surface area (Å²) in [7, 11) is 5.32. The molecule has 0 spiro atoms. The maximum Gasteiger partial charge on any atom is 0.319 e. The summed E-state index contributed by atoms with van der Waals surface area (Å²) < 4.78 is 1.19. The van der Waals surface area contributed by atoms with Crippen molar-refractivity contribution in [2.75, 3.05) is 21.1 Å². The topological polar surface area (TPSA) is 23.6 Å². The molecule has 0 fully saturated rings. The minimum absolute atomic E-state index is 0.0221. The molecular weight excluding hydrogens is 303 g/mol. The zero-order valence-electron chi connectivity index (χ0n) is 9.20. The minimum atomic E-state index is 0.0221. The van der Waals surface area contributed by atoms with E-state index >= 15 is 0 Å². The van der Waals surface area contributed by atoms with Gasteiger partial charge in [0.25, 0.3) is 0 Å². The zero-order chi connectivity index (χ0) is 11.4. The van der Waals surface area contributed by atoms with E-state index in [9.17, 15) is 4.79 Å². The van der Waals surface area contributed by atoms with Gasteiger partial charge in [-0.3, -0.25) is 0 Å². The first kappa shape index (κ1) is 12.3. The molecule has 0 N–H and O–H groups in total. The van der Waals surface area contributed by atoms with Gasteiger partial charge < -0.3 is 9.80 Å². The lowest BCUT2D eigenvalue weighted by molar-refractivity contribution is 0.180. The van der Waals surface area contributed by atoms with Crippen molar-refractivity contribution < 1.29 is 4.79 Å². The van der Waals surface area contributed by atoms with E-state index in [0.29, 0.717) is 6.54 Å². The molecule has 0 unspecified atom stereocenters. The van der Waals surface area contributed by atoms with Gasteiger partial charge in [0.15, 0.2) is 0 Å². The summed E-state index contributed by atoms with van der Waals surface area (Å²) in [5.41, 5.74) is 1.15. The van der Waals surface area contributed by atoms with Crippen LogP contribution in [0.1, 0.15) is 5.56 Å². The smallest absolute Gasteiger partial charge is 0.319 e. The SMILES string of the molecule is CN(C)C(=O)N(C)Cc1cccc(I)c1. The Morgan fingerprint density at radius 2 is 2.00 bits per heavy atom. The maximum atomic E-state index is 11.6. The molecule has 0 saturated carbocycles. The Labute approximate surface area is 104 Å². The highest BCUT2D eigenvalue weighted by atomic mass is 127. The molecule has 1 rings (SSSR count). The van der Waals surface area contributed by atoms with Crippen LogP contribution < -0.4 is 0 Å². The van der Waals surface area contributed by atoms with Crippen molar-refractivity contribution in [3.05, 3.63) is 33.4 Å². The van der Waals surface area contributed by atoms with Crippen LogP contribution in [0.5, 0.6) is 0 Å². The van der Waals surface area contributed by atoms with Gasteiger partial charge in [0.05, 0.1) is 0 Å². The quantitative estimate of drug-likeness (QED) is 0.768. The Kier molecular flexibility index (Phi) is 4.38. The summed E-state index contributed by atoms with van der Waals surface area (Å²) in [5.74, 6) is 0. The normalized spacial score (nSPS) is 9.87. The van der Waals surface area contributed by atoms with Crippen LogP contribution >= 0.6 is 22.6 Å². The van der Waals surface area contributed by atoms with Crippen molar-refractivity contribution >= 4 is 28.6 Å². The fraction of sp³-hybridized carbons (Fsp3) is 0.364. The third kappa shape index (κ3) is 3.70. The molecule has 0 bridgehead atoms. The number of amides is 2. The molecule has 0 atom stereocenters. The molecule has 0 aliphatic carbocycles. The van der Waals surface area contributed by atoms with Crippen LogP contribution in [0.15, 0.2) is 24.3 Å². The van der Waals surface area contributed by atoms with E-state index < -0.39 is 0 Å². The molecule has 0 radical (unpaired) electrons. The second kappa shape index (κ2) is 5.34. The van der Waals surface area contributed by atoms with Gasteiger partial charge in [-0.1, -0.05) is 12.1 Å². The first-order chi connectivity index (χ1) is 7.00. The van der Waals surface area contributed by atoms with E-state index in [-0.39, 0.29) is 6.03 Å². The monoisotopic (exact) mass is 318 g/mol.